The summed E-state index contributed by atoms with van der Waals surface area (Å²) in [6.45, 7) is 0.204. The first-order valence-electron chi connectivity index (χ1n) is 6.09. The van der Waals surface area contributed by atoms with Crippen LogP contribution >= 0.6 is 0 Å². The van der Waals surface area contributed by atoms with Gasteiger partial charge < -0.3 is 15.2 Å². The van der Waals surface area contributed by atoms with Crippen LogP contribution in [0.2, 0.25) is 0 Å². The minimum atomic E-state index is -3.35. The Hall–Kier alpha value is -1.44. The normalized spacial score (nSPS) is 12.9. The van der Waals surface area contributed by atoms with Crippen LogP contribution in [-0.4, -0.2) is 52.1 Å². The van der Waals surface area contributed by atoms with E-state index in [2.05, 4.69) is 5.32 Å². The molecule has 1 amide bonds. The molecule has 0 spiro atoms. The summed E-state index contributed by atoms with van der Waals surface area (Å²) in [6.07, 6.45) is 1.45. The van der Waals surface area contributed by atoms with Crippen molar-refractivity contribution in [3.8, 4) is 0 Å². The Bertz CT molecular complexity index is 550. The molecule has 1 unspecified atom stereocenters. The second-order valence-corrected chi connectivity index (χ2v) is 6.45. The van der Waals surface area contributed by atoms with Crippen LogP contribution in [0.25, 0.3) is 0 Å². The molecule has 0 saturated heterocycles. The average Bonchev–Trinajstić information content (AvgIpc) is 2.38. The molecule has 0 bridgehead atoms. The maximum Gasteiger partial charge on any atom is 0.251 e. The minimum Gasteiger partial charge on any atom is -0.396 e. The molecule has 0 heterocycles. The van der Waals surface area contributed by atoms with Gasteiger partial charge in [-0.15, -0.1) is 0 Å². The number of benzene rings is 1. The first-order valence-corrected chi connectivity index (χ1v) is 7.98. The standard InChI is InChI=1S/C13H19NO5S/c1-19-9-11(6-7-15)14-13(16)10-4-3-5-12(8-10)20(2,17)18/h3-5,8,11,15H,6-7,9H2,1-2H3,(H,14,16). The monoisotopic (exact) mass is 301 g/mol. The van der Waals surface area contributed by atoms with Crippen molar-refractivity contribution in [2.75, 3.05) is 26.6 Å². The number of hydrogen-bond acceptors (Lipinski definition) is 5. The first-order chi connectivity index (χ1) is 9.38. The summed E-state index contributed by atoms with van der Waals surface area (Å²) in [5.41, 5.74) is 0.256. The van der Waals surface area contributed by atoms with Gasteiger partial charge in [-0.25, -0.2) is 8.42 Å². The largest absolute Gasteiger partial charge is 0.396 e. The smallest absolute Gasteiger partial charge is 0.251 e. The number of amides is 1. The zero-order valence-electron chi connectivity index (χ0n) is 11.5. The van der Waals surface area contributed by atoms with Gasteiger partial charge >= 0.3 is 0 Å². The van der Waals surface area contributed by atoms with Crippen LogP contribution in [0.1, 0.15) is 16.8 Å². The van der Waals surface area contributed by atoms with Gasteiger partial charge in [0.2, 0.25) is 0 Å². The van der Waals surface area contributed by atoms with Gasteiger partial charge in [-0.3, -0.25) is 4.79 Å². The number of carbonyl (C=O) groups is 1. The molecule has 0 radical (unpaired) electrons. The molecule has 7 heteroatoms. The van der Waals surface area contributed by atoms with Crippen LogP contribution in [-0.2, 0) is 14.6 Å². The number of sulfone groups is 1. The fraction of sp³-hybridized carbons (Fsp3) is 0.462. The molecule has 0 aliphatic heterocycles. The number of aliphatic hydroxyl groups excluding tert-OH is 1. The van der Waals surface area contributed by atoms with Gasteiger partial charge in [0.25, 0.3) is 5.91 Å². The van der Waals surface area contributed by atoms with Crippen molar-refractivity contribution in [1.29, 1.82) is 0 Å². The van der Waals surface area contributed by atoms with Crippen molar-refractivity contribution >= 4 is 15.7 Å². The second-order valence-electron chi connectivity index (χ2n) is 4.44. The summed E-state index contributed by atoms with van der Waals surface area (Å²) in [4.78, 5) is 12.1. The zero-order chi connectivity index (χ0) is 15.2. The van der Waals surface area contributed by atoms with Crippen molar-refractivity contribution in [1.82, 2.24) is 5.32 Å². The van der Waals surface area contributed by atoms with E-state index in [1.165, 1.54) is 31.4 Å². The molecule has 0 aliphatic carbocycles. The Morgan fingerprint density at radius 3 is 2.70 bits per heavy atom. The van der Waals surface area contributed by atoms with Crippen LogP contribution in [0.5, 0.6) is 0 Å². The molecule has 0 aliphatic rings. The lowest BCUT2D eigenvalue weighted by molar-refractivity contribution is 0.0878. The van der Waals surface area contributed by atoms with Crippen LogP contribution in [0.4, 0.5) is 0 Å². The van der Waals surface area contributed by atoms with Crippen LogP contribution < -0.4 is 5.32 Å². The van der Waals surface area contributed by atoms with E-state index in [9.17, 15) is 13.2 Å². The summed E-state index contributed by atoms with van der Waals surface area (Å²) >= 11 is 0. The second kappa shape index (κ2) is 7.37. The van der Waals surface area contributed by atoms with Crippen molar-refractivity contribution < 1.29 is 23.1 Å². The lowest BCUT2D eigenvalue weighted by Crippen LogP contribution is -2.38. The molecule has 6 nitrogen and oxygen atoms in total. The van der Waals surface area contributed by atoms with Gasteiger partial charge in [-0.2, -0.15) is 0 Å². The lowest BCUT2D eigenvalue weighted by atomic mass is 10.1. The highest BCUT2D eigenvalue weighted by molar-refractivity contribution is 7.90. The Balaban J connectivity index is 2.86. The van der Waals surface area contributed by atoms with E-state index in [0.717, 1.165) is 6.26 Å². The summed E-state index contributed by atoms with van der Waals surface area (Å²) < 4.78 is 27.8. The number of aliphatic hydroxyl groups is 1. The molecular formula is C13H19NO5S. The Morgan fingerprint density at radius 1 is 1.45 bits per heavy atom. The molecule has 1 rings (SSSR count). The number of carbonyl (C=O) groups excluding carboxylic acids is 1. The van der Waals surface area contributed by atoms with Crippen molar-refractivity contribution in [2.45, 2.75) is 17.4 Å². The molecule has 112 valence electrons. The molecule has 0 saturated carbocycles. The van der Waals surface area contributed by atoms with Gasteiger partial charge in [-0.1, -0.05) is 6.07 Å². The van der Waals surface area contributed by atoms with Gasteiger partial charge in [-0.05, 0) is 24.6 Å². The van der Waals surface area contributed by atoms with E-state index in [0.29, 0.717) is 6.42 Å². The van der Waals surface area contributed by atoms with Crippen LogP contribution in [0.15, 0.2) is 29.2 Å². The SMILES string of the molecule is COCC(CCO)NC(=O)c1cccc(S(C)(=O)=O)c1. The minimum absolute atomic E-state index is 0.0717. The average molecular weight is 301 g/mol. The summed E-state index contributed by atoms with van der Waals surface area (Å²) in [5.74, 6) is -0.397. The number of rotatable bonds is 7. The Morgan fingerprint density at radius 2 is 2.15 bits per heavy atom. The van der Waals surface area contributed by atoms with Crippen LogP contribution in [0.3, 0.4) is 0 Å². The summed E-state index contributed by atoms with van der Waals surface area (Å²) in [7, 11) is -1.85. The molecule has 1 atom stereocenters. The van der Waals surface area contributed by atoms with Crippen molar-refractivity contribution in [3.63, 3.8) is 0 Å². The van der Waals surface area contributed by atoms with E-state index >= 15 is 0 Å². The molecule has 20 heavy (non-hydrogen) atoms. The Kier molecular flexibility index (Phi) is 6.12. The van der Waals surface area contributed by atoms with Gasteiger partial charge in [0.1, 0.15) is 0 Å². The van der Waals surface area contributed by atoms with Gasteiger partial charge in [0.05, 0.1) is 17.5 Å². The van der Waals surface area contributed by atoms with E-state index < -0.39 is 15.7 Å². The first kappa shape index (κ1) is 16.6. The quantitative estimate of drug-likeness (QED) is 0.751. The highest BCUT2D eigenvalue weighted by Crippen LogP contribution is 2.11. The topological polar surface area (TPSA) is 92.7 Å². The molecule has 1 aromatic rings. The predicted octanol–water partition coefficient (Wildman–Crippen LogP) is 0.217. The third-order valence-corrected chi connectivity index (χ3v) is 3.82. The highest BCUT2D eigenvalue weighted by atomic mass is 32.2. The molecule has 1 aromatic carbocycles. The fourth-order valence-corrected chi connectivity index (χ4v) is 2.36. The third kappa shape index (κ3) is 4.92. The summed E-state index contributed by atoms with van der Waals surface area (Å²) in [5, 5.41) is 11.6. The van der Waals surface area contributed by atoms with Crippen molar-refractivity contribution in [3.05, 3.63) is 29.8 Å². The Labute approximate surface area is 118 Å². The number of methoxy groups -OCH3 is 1. The fourth-order valence-electron chi connectivity index (χ4n) is 1.69. The van der Waals surface area contributed by atoms with Gasteiger partial charge in [0, 0.05) is 25.5 Å². The highest BCUT2D eigenvalue weighted by Gasteiger charge is 2.15. The van der Waals surface area contributed by atoms with Gasteiger partial charge in [0.15, 0.2) is 9.84 Å². The third-order valence-electron chi connectivity index (χ3n) is 2.71. The summed E-state index contributed by atoms with van der Waals surface area (Å²) in [6, 6.07) is 5.49. The van der Waals surface area contributed by atoms with Crippen molar-refractivity contribution in [2.24, 2.45) is 0 Å². The number of nitrogens with one attached hydrogen (secondary N) is 1. The van der Waals surface area contributed by atoms with E-state index in [4.69, 9.17) is 9.84 Å². The maximum absolute atomic E-state index is 12.0. The van der Waals surface area contributed by atoms with E-state index in [1.807, 2.05) is 0 Å². The van der Waals surface area contributed by atoms with E-state index in [-0.39, 0.29) is 29.7 Å². The van der Waals surface area contributed by atoms with E-state index in [1.54, 1.807) is 0 Å². The zero-order valence-corrected chi connectivity index (χ0v) is 12.3. The number of hydrogen-bond donors (Lipinski definition) is 2. The molecule has 0 fully saturated rings. The number of ether oxygens (including phenoxy) is 1. The predicted molar refractivity (Wildman–Crippen MR) is 74.4 cm³/mol. The molecule has 0 aromatic heterocycles. The molecule has 2 N–H and O–H groups in total. The maximum atomic E-state index is 12.0. The lowest BCUT2D eigenvalue weighted by Gasteiger charge is -2.17. The molecular weight excluding hydrogens is 282 g/mol. The van der Waals surface area contributed by atoms with Crippen LogP contribution in [0, 0.1) is 0 Å².